The van der Waals surface area contributed by atoms with Gasteiger partial charge in [-0.05, 0) is 51.2 Å². The van der Waals surface area contributed by atoms with Crippen molar-refractivity contribution in [3.63, 3.8) is 0 Å². The highest BCUT2D eigenvalue weighted by molar-refractivity contribution is 8.00. The first-order valence-electron chi connectivity index (χ1n) is 8.98. The summed E-state index contributed by atoms with van der Waals surface area (Å²) in [5, 5.41) is 13.4. The number of rotatable bonds is 9. The van der Waals surface area contributed by atoms with Gasteiger partial charge in [-0.3, -0.25) is 19.7 Å². The minimum Gasteiger partial charge on any atom is -0.452 e. The third kappa shape index (κ3) is 7.42. The number of allylic oxidation sites excluding steroid dienone is 1. The van der Waals surface area contributed by atoms with Crippen LogP contribution in [0.4, 0.5) is 5.69 Å². The monoisotopic (exact) mass is 392 g/mol. The van der Waals surface area contributed by atoms with Crippen LogP contribution in [0.25, 0.3) is 0 Å². The Hall–Kier alpha value is -2.35. The number of hydrogen-bond donors (Lipinski definition) is 1. The minimum absolute atomic E-state index is 0.00351. The molecule has 1 aromatic rings. The zero-order valence-corrected chi connectivity index (χ0v) is 16.1. The predicted octanol–water partition coefficient (Wildman–Crippen LogP) is 3.63. The van der Waals surface area contributed by atoms with Gasteiger partial charge in [0.1, 0.15) is 0 Å². The molecule has 8 heteroatoms. The smallest absolute Gasteiger partial charge is 0.317 e. The fourth-order valence-corrected chi connectivity index (χ4v) is 3.39. The van der Waals surface area contributed by atoms with E-state index in [0.29, 0.717) is 6.54 Å². The summed E-state index contributed by atoms with van der Waals surface area (Å²) in [4.78, 5) is 34.8. The quantitative estimate of drug-likeness (QED) is 0.227. The van der Waals surface area contributed by atoms with Crippen molar-refractivity contribution in [2.24, 2.45) is 0 Å². The highest BCUT2D eigenvalue weighted by Crippen LogP contribution is 2.22. The Kier molecular flexibility index (Phi) is 8.32. The maximum absolute atomic E-state index is 12.0. The topological polar surface area (TPSA) is 98.5 Å². The van der Waals surface area contributed by atoms with Crippen molar-refractivity contribution in [1.82, 2.24) is 5.32 Å². The highest BCUT2D eigenvalue weighted by Gasteiger charge is 2.18. The zero-order valence-electron chi connectivity index (χ0n) is 15.3. The number of ether oxygens (including phenoxy) is 1. The molecular weight excluding hydrogens is 368 g/mol. The van der Waals surface area contributed by atoms with Crippen LogP contribution >= 0.6 is 11.8 Å². The number of hydrogen-bond acceptors (Lipinski definition) is 6. The summed E-state index contributed by atoms with van der Waals surface area (Å²) in [6.07, 6.45) is 6.89. The van der Waals surface area contributed by atoms with Crippen LogP contribution in [-0.2, 0) is 14.3 Å². The first-order chi connectivity index (χ1) is 13.0. The van der Waals surface area contributed by atoms with Gasteiger partial charge in [0.25, 0.3) is 11.6 Å². The van der Waals surface area contributed by atoms with E-state index in [1.54, 1.807) is 19.1 Å². The van der Waals surface area contributed by atoms with E-state index in [4.69, 9.17) is 4.74 Å². The van der Waals surface area contributed by atoms with Crippen LogP contribution in [0.3, 0.4) is 0 Å². The third-order valence-electron chi connectivity index (χ3n) is 4.21. The molecule has 0 spiro atoms. The predicted molar refractivity (Wildman–Crippen MR) is 104 cm³/mol. The van der Waals surface area contributed by atoms with E-state index in [1.165, 1.54) is 42.3 Å². The van der Waals surface area contributed by atoms with Gasteiger partial charge in [-0.1, -0.05) is 11.6 Å². The second-order valence-corrected chi connectivity index (χ2v) is 7.37. The van der Waals surface area contributed by atoms with Gasteiger partial charge < -0.3 is 10.1 Å². The molecule has 0 aliphatic heterocycles. The van der Waals surface area contributed by atoms with Crippen molar-refractivity contribution < 1.29 is 19.2 Å². The van der Waals surface area contributed by atoms with E-state index >= 15 is 0 Å². The molecule has 1 amide bonds. The van der Waals surface area contributed by atoms with Crippen LogP contribution in [0, 0.1) is 10.1 Å². The number of amides is 1. The Morgan fingerprint density at radius 2 is 2.04 bits per heavy atom. The number of nitrogens with one attached hydrogen (secondary N) is 1. The van der Waals surface area contributed by atoms with Crippen molar-refractivity contribution in [2.75, 3.05) is 12.3 Å². The Bertz CT molecular complexity index is 703. The molecule has 0 aromatic heterocycles. The van der Waals surface area contributed by atoms with Crippen molar-refractivity contribution in [2.45, 2.75) is 50.0 Å². The summed E-state index contributed by atoms with van der Waals surface area (Å²) in [5.41, 5.74) is 1.38. The fraction of sp³-hybridized carbons (Fsp3) is 0.474. The highest BCUT2D eigenvalue weighted by atomic mass is 32.2. The molecule has 0 saturated carbocycles. The third-order valence-corrected chi connectivity index (χ3v) is 5.20. The first-order valence-corrected chi connectivity index (χ1v) is 9.96. The number of nitro benzene ring substituents is 1. The largest absolute Gasteiger partial charge is 0.452 e. The Labute approximate surface area is 162 Å². The lowest BCUT2D eigenvalue weighted by Crippen LogP contribution is -2.36. The van der Waals surface area contributed by atoms with Gasteiger partial charge in [0, 0.05) is 23.6 Å². The van der Waals surface area contributed by atoms with Crippen LogP contribution in [0.1, 0.15) is 39.0 Å². The van der Waals surface area contributed by atoms with E-state index in [2.05, 4.69) is 11.4 Å². The molecular formula is C19H24N2O5S. The Morgan fingerprint density at radius 3 is 2.67 bits per heavy atom. The van der Waals surface area contributed by atoms with Gasteiger partial charge in [-0.15, -0.1) is 11.8 Å². The van der Waals surface area contributed by atoms with Crippen molar-refractivity contribution in [3.8, 4) is 0 Å². The molecule has 0 fully saturated rings. The lowest BCUT2D eigenvalue weighted by molar-refractivity contribution is -0.384. The van der Waals surface area contributed by atoms with E-state index in [9.17, 15) is 19.7 Å². The summed E-state index contributed by atoms with van der Waals surface area (Å²) >= 11 is 1.20. The molecule has 1 aliphatic rings. The normalized spacial score (nSPS) is 14.8. The summed E-state index contributed by atoms with van der Waals surface area (Å²) in [6, 6.07) is 5.91. The van der Waals surface area contributed by atoms with Gasteiger partial charge in [0.15, 0.2) is 6.10 Å². The number of nitrogens with zero attached hydrogens (tertiary/aromatic N) is 1. The molecule has 2 rings (SSSR count). The number of carbonyl (C=O) groups excluding carboxylic acids is 2. The second-order valence-electron chi connectivity index (χ2n) is 6.32. The number of carbonyl (C=O) groups is 2. The van der Waals surface area contributed by atoms with Gasteiger partial charge in [-0.2, -0.15) is 0 Å². The molecule has 0 bridgehead atoms. The van der Waals surface area contributed by atoms with Crippen LogP contribution in [0.5, 0.6) is 0 Å². The molecule has 1 atom stereocenters. The average Bonchev–Trinajstić information content (AvgIpc) is 2.67. The van der Waals surface area contributed by atoms with E-state index in [0.717, 1.165) is 24.2 Å². The van der Waals surface area contributed by atoms with Crippen molar-refractivity contribution >= 4 is 29.3 Å². The van der Waals surface area contributed by atoms with Crippen molar-refractivity contribution in [1.29, 1.82) is 0 Å². The van der Waals surface area contributed by atoms with Gasteiger partial charge in [0.2, 0.25) is 0 Å². The summed E-state index contributed by atoms with van der Waals surface area (Å²) in [5.74, 6) is -0.779. The lowest BCUT2D eigenvalue weighted by Gasteiger charge is -2.15. The number of thioether (sulfide) groups is 1. The van der Waals surface area contributed by atoms with Gasteiger partial charge in [0.05, 0.1) is 10.7 Å². The molecule has 146 valence electrons. The number of benzene rings is 1. The SMILES string of the molecule is C[C@@H](OC(=O)CSc1ccc([N+](=O)[O-])cc1)C(=O)NCCC1=CCCCC1. The molecule has 0 heterocycles. The minimum atomic E-state index is -0.852. The second kappa shape index (κ2) is 10.7. The van der Waals surface area contributed by atoms with Gasteiger partial charge >= 0.3 is 5.97 Å². The Balaban J connectivity index is 1.66. The first kappa shape index (κ1) is 21.0. The standard InChI is InChI=1S/C19H24N2O5S/c1-14(19(23)20-12-11-15-5-3-2-4-6-15)26-18(22)13-27-17-9-7-16(8-10-17)21(24)25/h5,7-10,14H,2-4,6,11-13H2,1H3,(H,20,23)/t14-/m1/s1. The molecule has 27 heavy (non-hydrogen) atoms. The maximum Gasteiger partial charge on any atom is 0.317 e. The molecule has 1 aliphatic carbocycles. The number of esters is 1. The van der Waals surface area contributed by atoms with Gasteiger partial charge in [-0.25, -0.2) is 0 Å². The fourth-order valence-electron chi connectivity index (χ4n) is 2.71. The van der Waals surface area contributed by atoms with Crippen LogP contribution < -0.4 is 5.32 Å². The van der Waals surface area contributed by atoms with Crippen LogP contribution in [-0.4, -0.2) is 35.2 Å². The molecule has 0 unspecified atom stereocenters. The number of non-ortho nitro benzene ring substituents is 1. The summed E-state index contributed by atoms with van der Waals surface area (Å²) < 4.78 is 5.14. The summed E-state index contributed by atoms with van der Waals surface area (Å²) in [7, 11) is 0. The average molecular weight is 392 g/mol. The van der Waals surface area contributed by atoms with Crippen LogP contribution in [0.2, 0.25) is 0 Å². The van der Waals surface area contributed by atoms with Crippen molar-refractivity contribution in [3.05, 3.63) is 46.0 Å². The Morgan fingerprint density at radius 1 is 1.30 bits per heavy atom. The van der Waals surface area contributed by atoms with Crippen LogP contribution in [0.15, 0.2) is 40.8 Å². The zero-order chi connectivity index (χ0) is 19.6. The molecule has 1 N–H and O–H groups in total. The molecule has 1 aromatic carbocycles. The molecule has 0 saturated heterocycles. The lowest BCUT2D eigenvalue weighted by atomic mass is 9.97. The van der Waals surface area contributed by atoms with E-state index in [-0.39, 0.29) is 17.3 Å². The number of nitro groups is 1. The van der Waals surface area contributed by atoms with E-state index < -0.39 is 17.0 Å². The summed E-state index contributed by atoms with van der Waals surface area (Å²) in [6.45, 7) is 2.09. The molecule has 7 nitrogen and oxygen atoms in total. The maximum atomic E-state index is 12.0. The molecule has 0 radical (unpaired) electrons. The van der Waals surface area contributed by atoms with E-state index in [1.807, 2.05) is 0 Å².